The summed E-state index contributed by atoms with van der Waals surface area (Å²) in [6.45, 7) is 7.00. The Balaban J connectivity index is 1.79. The number of benzene rings is 1. The van der Waals surface area contributed by atoms with E-state index in [9.17, 15) is 0 Å². The van der Waals surface area contributed by atoms with Crippen molar-refractivity contribution in [2.75, 3.05) is 5.75 Å². The molecule has 1 aliphatic rings. The van der Waals surface area contributed by atoms with E-state index >= 15 is 0 Å². The summed E-state index contributed by atoms with van der Waals surface area (Å²) in [6.07, 6.45) is 4.96. The Morgan fingerprint density at radius 1 is 1.24 bits per heavy atom. The van der Waals surface area contributed by atoms with Gasteiger partial charge in [0.15, 0.2) is 8.24 Å². The molecule has 1 aromatic heterocycles. The maximum atomic E-state index is 4.94. The molecular weight excluding hydrogens is 294 g/mol. The number of hydrogen-bond donors (Lipinski definition) is 0. The first-order valence-electron chi connectivity index (χ1n) is 7.32. The molecule has 1 aliphatic heterocycles. The topological polar surface area (TPSA) is 30.2 Å². The largest absolute Gasteiger partial charge is 0.357 e. The Morgan fingerprint density at radius 3 is 2.71 bits per heavy atom. The van der Waals surface area contributed by atoms with Crippen LogP contribution in [0.1, 0.15) is 11.3 Å². The summed E-state index contributed by atoms with van der Waals surface area (Å²) in [5.74, 6) is 1.07. The molecule has 110 valence electrons. The normalized spacial score (nSPS) is 18.8. The number of aromatic nitrogens is 2. The van der Waals surface area contributed by atoms with Gasteiger partial charge in [-0.05, 0) is 12.0 Å². The Kier molecular flexibility index (Phi) is 4.04. The minimum atomic E-state index is -1.43. The number of rotatable bonds is 4. The highest BCUT2D eigenvalue weighted by atomic mass is 32.2. The van der Waals surface area contributed by atoms with Gasteiger partial charge in [-0.3, -0.25) is 4.99 Å². The minimum absolute atomic E-state index is 0.386. The van der Waals surface area contributed by atoms with Crippen LogP contribution in [0, 0.1) is 0 Å². The average molecular weight is 316 g/mol. The van der Waals surface area contributed by atoms with E-state index in [1.165, 1.54) is 11.3 Å². The Hall–Kier alpha value is -1.33. The summed E-state index contributed by atoms with van der Waals surface area (Å²) >= 11 is 1.87. The van der Waals surface area contributed by atoms with Crippen molar-refractivity contribution in [2.24, 2.45) is 4.99 Å². The van der Waals surface area contributed by atoms with E-state index < -0.39 is 8.24 Å². The van der Waals surface area contributed by atoms with Gasteiger partial charge in [0.1, 0.15) is 5.04 Å². The predicted molar refractivity (Wildman–Crippen MR) is 93.9 cm³/mol. The first-order valence-corrected chi connectivity index (χ1v) is 11.7. The lowest BCUT2D eigenvalue weighted by Gasteiger charge is -2.20. The summed E-state index contributed by atoms with van der Waals surface area (Å²) in [7, 11) is -1.43. The number of nitrogens with zero attached hydrogens (tertiary/aromatic N) is 3. The van der Waals surface area contributed by atoms with Crippen LogP contribution in [0.5, 0.6) is 0 Å². The molecule has 1 atom stereocenters. The number of imidazole rings is 1. The van der Waals surface area contributed by atoms with Gasteiger partial charge in [-0.1, -0.05) is 50.0 Å². The van der Waals surface area contributed by atoms with Crippen LogP contribution in [0.15, 0.2) is 47.8 Å². The van der Waals surface area contributed by atoms with Crippen molar-refractivity contribution in [1.82, 2.24) is 9.22 Å². The Labute approximate surface area is 131 Å². The van der Waals surface area contributed by atoms with Gasteiger partial charge in [-0.25, -0.2) is 4.98 Å². The highest BCUT2D eigenvalue weighted by Crippen LogP contribution is 2.26. The van der Waals surface area contributed by atoms with E-state index in [4.69, 9.17) is 4.99 Å². The molecule has 21 heavy (non-hydrogen) atoms. The molecule has 0 N–H and O–H groups in total. The average Bonchev–Trinajstić information content (AvgIpc) is 3.07. The first-order chi connectivity index (χ1) is 10.0. The first kappa shape index (κ1) is 14.6. The van der Waals surface area contributed by atoms with Crippen LogP contribution in [0.25, 0.3) is 0 Å². The SMILES string of the molecule is C[Si](C)(C)n1cncc1C1=NC(Cc2ccccc2)CS1. The fraction of sp³-hybridized carbons (Fsp3) is 0.375. The van der Waals surface area contributed by atoms with Crippen molar-refractivity contribution in [2.45, 2.75) is 32.1 Å². The summed E-state index contributed by atoms with van der Waals surface area (Å²) in [4.78, 5) is 9.29. The third-order valence-electron chi connectivity index (χ3n) is 3.61. The van der Waals surface area contributed by atoms with Crippen LogP contribution in [0.3, 0.4) is 0 Å². The Morgan fingerprint density at radius 2 is 2.00 bits per heavy atom. The molecule has 0 spiro atoms. The quantitative estimate of drug-likeness (QED) is 0.806. The summed E-state index contributed by atoms with van der Waals surface area (Å²) in [5, 5.41) is 1.16. The molecule has 0 bridgehead atoms. The lowest BCUT2D eigenvalue weighted by atomic mass is 10.1. The molecule has 1 unspecified atom stereocenters. The van der Waals surface area contributed by atoms with Gasteiger partial charge >= 0.3 is 0 Å². The molecule has 0 radical (unpaired) electrons. The molecule has 1 aromatic carbocycles. The van der Waals surface area contributed by atoms with Gasteiger partial charge in [0.2, 0.25) is 0 Å². The van der Waals surface area contributed by atoms with Gasteiger partial charge in [-0.15, -0.1) is 11.8 Å². The van der Waals surface area contributed by atoms with Crippen molar-refractivity contribution in [1.29, 1.82) is 0 Å². The second kappa shape index (κ2) is 5.81. The third-order valence-corrected chi connectivity index (χ3v) is 6.55. The molecule has 5 heteroatoms. The number of hydrogen-bond acceptors (Lipinski definition) is 3. The summed E-state index contributed by atoms with van der Waals surface area (Å²) in [6, 6.07) is 11.0. The van der Waals surface area contributed by atoms with Gasteiger partial charge in [0.25, 0.3) is 0 Å². The smallest absolute Gasteiger partial charge is 0.154 e. The van der Waals surface area contributed by atoms with E-state index in [2.05, 4.69) is 59.2 Å². The molecule has 0 amide bonds. The van der Waals surface area contributed by atoms with Crippen LogP contribution in [-0.2, 0) is 6.42 Å². The zero-order chi connectivity index (χ0) is 14.9. The van der Waals surface area contributed by atoms with Crippen molar-refractivity contribution < 1.29 is 0 Å². The van der Waals surface area contributed by atoms with Crippen molar-refractivity contribution in [3.05, 3.63) is 54.1 Å². The summed E-state index contributed by atoms with van der Waals surface area (Å²) in [5.41, 5.74) is 2.57. The fourth-order valence-corrected chi connectivity index (χ4v) is 4.98. The highest BCUT2D eigenvalue weighted by Gasteiger charge is 2.26. The van der Waals surface area contributed by atoms with Gasteiger partial charge in [0, 0.05) is 5.75 Å². The lowest BCUT2D eigenvalue weighted by Crippen LogP contribution is -2.33. The maximum Gasteiger partial charge on any atom is 0.154 e. The van der Waals surface area contributed by atoms with Crippen LogP contribution in [0.4, 0.5) is 0 Å². The van der Waals surface area contributed by atoms with Crippen LogP contribution >= 0.6 is 11.8 Å². The predicted octanol–water partition coefficient (Wildman–Crippen LogP) is 3.67. The van der Waals surface area contributed by atoms with Gasteiger partial charge in [-0.2, -0.15) is 0 Å². The maximum absolute atomic E-state index is 4.94. The molecule has 3 rings (SSSR count). The second-order valence-electron chi connectivity index (χ2n) is 6.41. The van der Waals surface area contributed by atoms with Crippen LogP contribution in [-0.4, -0.2) is 34.3 Å². The zero-order valence-electron chi connectivity index (χ0n) is 12.8. The van der Waals surface area contributed by atoms with Crippen molar-refractivity contribution in [3.8, 4) is 0 Å². The fourth-order valence-electron chi connectivity index (χ4n) is 2.53. The molecular formula is C16H21N3SSi. The van der Waals surface area contributed by atoms with E-state index in [0.717, 1.165) is 17.2 Å². The lowest BCUT2D eigenvalue weighted by molar-refractivity contribution is 0.762. The van der Waals surface area contributed by atoms with E-state index in [0.29, 0.717) is 6.04 Å². The Bertz CT molecular complexity index is 643. The standard InChI is InChI=1S/C16H21N3SSi/c1-21(2,3)19-12-17-10-15(19)16-18-14(11-20-16)9-13-7-5-4-6-8-13/h4-8,10,12,14H,9,11H2,1-3H3. The monoisotopic (exact) mass is 315 g/mol. The second-order valence-corrected chi connectivity index (χ2v) is 12.2. The van der Waals surface area contributed by atoms with Gasteiger partial charge in [0.05, 0.1) is 24.3 Å². The van der Waals surface area contributed by atoms with Crippen molar-refractivity contribution >= 4 is 25.0 Å². The third kappa shape index (κ3) is 3.30. The molecule has 2 aromatic rings. The zero-order valence-corrected chi connectivity index (χ0v) is 14.6. The molecule has 0 fully saturated rings. The minimum Gasteiger partial charge on any atom is -0.357 e. The van der Waals surface area contributed by atoms with E-state index in [1.54, 1.807) is 0 Å². The highest BCUT2D eigenvalue weighted by molar-refractivity contribution is 8.14. The van der Waals surface area contributed by atoms with E-state index in [-0.39, 0.29) is 0 Å². The molecule has 0 saturated carbocycles. The molecule has 0 saturated heterocycles. The van der Waals surface area contributed by atoms with Crippen molar-refractivity contribution in [3.63, 3.8) is 0 Å². The number of aliphatic imine (C=N–C) groups is 1. The summed E-state index contributed by atoms with van der Waals surface area (Å²) < 4.78 is 2.35. The molecule has 3 nitrogen and oxygen atoms in total. The van der Waals surface area contributed by atoms with E-state index in [1.807, 2.05) is 24.3 Å². The molecule has 0 aliphatic carbocycles. The van der Waals surface area contributed by atoms with Crippen LogP contribution < -0.4 is 0 Å². The van der Waals surface area contributed by atoms with Crippen LogP contribution in [0.2, 0.25) is 19.6 Å². The number of thioether (sulfide) groups is 1. The van der Waals surface area contributed by atoms with Gasteiger partial charge < -0.3 is 4.23 Å². The molecule has 2 heterocycles.